The molecule has 1 saturated carbocycles. The fourth-order valence-corrected chi connectivity index (χ4v) is 7.42. The van der Waals surface area contributed by atoms with Gasteiger partial charge in [0.1, 0.15) is 25.9 Å². The SMILES string of the molecule is CC(C)(C)C[C@]1(c2ccc(-c3cnn(C(F)F)c3)cc2)N=C(NC(=O)OCc2ccccc2)N([C@H](COC(=O)N(CC(F)F)C2CC2)c2ccc(Cl)c(-n3cncn3)c2)C1=O. The fourth-order valence-electron chi connectivity index (χ4n) is 7.22. The first-order valence-corrected chi connectivity index (χ1v) is 19.7. The van der Waals surface area contributed by atoms with Crippen LogP contribution in [0.3, 0.4) is 0 Å². The van der Waals surface area contributed by atoms with E-state index >= 15 is 4.79 Å². The number of nitrogens with zero attached hydrogens (tertiary/aromatic N) is 8. The van der Waals surface area contributed by atoms with Gasteiger partial charge in [0.25, 0.3) is 12.3 Å². The Bertz CT molecular complexity index is 2370. The molecule has 2 aromatic heterocycles. The number of benzene rings is 3. The fraction of sp³-hybridized carbons (Fsp3) is 0.357. The largest absolute Gasteiger partial charge is 0.447 e. The van der Waals surface area contributed by atoms with Crippen LogP contribution < -0.4 is 5.32 Å². The first-order chi connectivity index (χ1) is 29.1. The summed E-state index contributed by atoms with van der Waals surface area (Å²) in [5.41, 5.74) is 0.387. The first kappa shape index (κ1) is 42.8. The van der Waals surface area contributed by atoms with Gasteiger partial charge >= 0.3 is 18.7 Å². The molecule has 0 spiro atoms. The minimum Gasteiger partial charge on any atom is -0.447 e. The maximum atomic E-state index is 15.6. The molecule has 0 radical (unpaired) electrons. The Hall–Kier alpha value is -6.30. The molecule has 0 bridgehead atoms. The number of rotatable bonds is 14. The van der Waals surface area contributed by atoms with Crippen LogP contribution in [0, 0.1) is 5.41 Å². The van der Waals surface area contributed by atoms with Crippen molar-refractivity contribution >= 4 is 35.7 Å². The van der Waals surface area contributed by atoms with E-state index in [0.717, 1.165) is 4.90 Å². The zero-order valence-electron chi connectivity index (χ0n) is 33.3. The molecule has 3 amide bonds. The van der Waals surface area contributed by atoms with Gasteiger partial charge in [0, 0.05) is 17.8 Å². The molecule has 0 unspecified atom stereocenters. The molecule has 1 fully saturated rings. The third-order valence-electron chi connectivity index (χ3n) is 10.1. The number of amides is 3. The number of ether oxygens (including phenoxy) is 2. The number of guanidine groups is 1. The van der Waals surface area contributed by atoms with Crippen molar-refractivity contribution < 1.29 is 41.4 Å². The molecular formula is C42H42ClF4N9O5. The summed E-state index contributed by atoms with van der Waals surface area (Å²) in [6, 6.07) is 18.6. The van der Waals surface area contributed by atoms with Crippen LogP contribution in [-0.4, -0.2) is 84.0 Å². The minimum absolute atomic E-state index is 0.0867. The van der Waals surface area contributed by atoms with Crippen LogP contribution in [0.4, 0.5) is 27.2 Å². The molecule has 2 atom stereocenters. The summed E-state index contributed by atoms with van der Waals surface area (Å²) in [6.45, 7) is 1.35. The van der Waals surface area contributed by atoms with E-state index in [1.54, 1.807) is 66.7 Å². The molecule has 3 heterocycles. The van der Waals surface area contributed by atoms with Crippen LogP contribution in [0.2, 0.25) is 5.02 Å². The molecule has 7 rings (SSSR count). The van der Waals surface area contributed by atoms with Crippen molar-refractivity contribution in [1.82, 2.24) is 39.7 Å². The average Bonchev–Trinajstić information content (AvgIpc) is 3.56. The maximum absolute atomic E-state index is 15.6. The van der Waals surface area contributed by atoms with E-state index in [0.29, 0.717) is 51.0 Å². The smallest absolute Gasteiger partial charge is 0.414 e. The summed E-state index contributed by atoms with van der Waals surface area (Å²) in [6.07, 6.45) is 1.57. The summed E-state index contributed by atoms with van der Waals surface area (Å²) < 4.78 is 67.3. The third-order valence-corrected chi connectivity index (χ3v) is 10.4. The lowest BCUT2D eigenvalue weighted by atomic mass is 9.75. The Kier molecular flexibility index (Phi) is 12.4. The Morgan fingerprint density at radius 2 is 1.72 bits per heavy atom. The molecule has 2 aliphatic rings. The van der Waals surface area contributed by atoms with E-state index in [1.807, 2.05) is 26.8 Å². The lowest BCUT2D eigenvalue weighted by molar-refractivity contribution is -0.135. The van der Waals surface area contributed by atoms with E-state index in [1.165, 1.54) is 34.6 Å². The van der Waals surface area contributed by atoms with E-state index < -0.39 is 67.3 Å². The highest BCUT2D eigenvalue weighted by Gasteiger charge is 2.54. The summed E-state index contributed by atoms with van der Waals surface area (Å²) in [4.78, 5) is 54.0. The molecule has 14 nitrogen and oxygen atoms in total. The van der Waals surface area contributed by atoms with Crippen LogP contribution in [0.5, 0.6) is 0 Å². The first-order valence-electron chi connectivity index (χ1n) is 19.3. The monoisotopic (exact) mass is 863 g/mol. The van der Waals surface area contributed by atoms with Gasteiger partial charge in [-0.2, -0.15) is 19.0 Å². The second-order valence-electron chi connectivity index (χ2n) is 15.9. The van der Waals surface area contributed by atoms with Gasteiger partial charge in [-0.15, -0.1) is 0 Å². The number of hydrogen-bond acceptors (Lipinski definition) is 9. The van der Waals surface area contributed by atoms with Gasteiger partial charge in [-0.1, -0.05) is 93.0 Å². The zero-order chi connectivity index (χ0) is 43.5. The van der Waals surface area contributed by atoms with Crippen molar-refractivity contribution in [2.75, 3.05) is 13.2 Å². The maximum Gasteiger partial charge on any atom is 0.414 e. The summed E-state index contributed by atoms with van der Waals surface area (Å²) in [5, 5.41) is 10.8. The molecule has 320 valence electrons. The van der Waals surface area contributed by atoms with Crippen molar-refractivity contribution in [3.63, 3.8) is 0 Å². The van der Waals surface area contributed by atoms with Crippen LogP contribution in [0.15, 0.2) is 103 Å². The van der Waals surface area contributed by atoms with Crippen molar-refractivity contribution in [1.29, 1.82) is 0 Å². The van der Waals surface area contributed by atoms with Crippen LogP contribution >= 0.6 is 11.6 Å². The Morgan fingerprint density at radius 3 is 2.34 bits per heavy atom. The molecular weight excluding hydrogens is 822 g/mol. The van der Waals surface area contributed by atoms with Gasteiger partial charge in [-0.3, -0.25) is 19.9 Å². The number of carbonyl (C=O) groups is 3. The van der Waals surface area contributed by atoms with Crippen LogP contribution in [0.25, 0.3) is 16.8 Å². The van der Waals surface area contributed by atoms with Crippen molar-refractivity contribution in [3.05, 3.63) is 120 Å². The normalized spacial score (nSPS) is 17.1. The molecule has 19 heteroatoms. The van der Waals surface area contributed by atoms with Gasteiger partial charge in [0.2, 0.25) is 5.96 Å². The average molecular weight is 864 g/mol. The summed E-state index contributed by atoms with van der Waals surface area (Å²) >= 11 is 6.62. The number of halogens is 5. The Morgan fingerprint density at radius 1 is 0.984 bits per heavy atom. The predicted molar refractivity (Wildman–Crippen MR) is 215 cm³/mol. The molecule has 1 N–H and O–H groups in total. The molecule has 1 aliphatic carbocycles. The van der Waals surface area contributed by atoms with E-state index in [9.17, 15) is 27.2 Å². The molecule has 5 aromatic rings. The van der Waals surface area contributed by atoms with Gasteiger partial charge in [0.15, 0.2) is 5.54 Å². The predicted octanol–water partition coefficient (Wildman–Crippen LogP) is 8.54. The van der Waals surface area contributed by atoms with Gasteiger partial charge in [-0.25, -0.2) is 37.7 Å². The number of nitrogens with one attached hydrogen (secondary N) is 1. The van der Waals surface area contributed by atoms with Crippen molar-refractivity contribution in [2.45, 2.75) is 77.2 Å². The highest BCUT2D eigenvalue weighted by atomic mass is 35.5. The zero-order valence-corrected chi connectivity index (χ0v) is 34.1. The standard InChI is InChI=1S/C42H42ClF4N9O5/c1-41(2,3)23-42(30-12-9-27(10-13-30)29-18-49-54(19-29)37(46)47)36(57)56(38(52-42)51-39(58)60-21-26-7-5-4-6-8-26)34(22-61-40(59)53(20-35(44)45)31-14-15-31)28-11-16-32(43)33(17-28)55-25-48-24-50-55/h4-13,16-19,24-25,31,34-35,37H,14-15,20-23H2,1-3H3,(H,51,52,58)/t34-,42-/m1/s1. The Labute approximate surface area is 353 Å². The van der Waals surface area contributed by atoms with Crippen LogP contribution in [-0.2, 0) is 26.4 Å². The third kappa shape index (κ3) is 9.85. The number of hydrogen-bond donors (Lipinski definition) is 1. The highest BCUT2D eigenvalue weighted by molar-refractivity contribution is 6.32. The second kappa shape index (κ2) is 17.7. The quantitative estimate of drug-likeness (QED) is 0.109. The van der Waals surface area contributed by atoms with Crippen molar-refractivity contribution in [2.24, 2.45) is 10.4 Å². The van der Waals surface area contributed by atoms with Gasteiger partial charge < -0.3 is 9.47 Å². The number of alkyl halides is 4. The highest BCUT2D eigenvalue weighted by Crippen LogP contribution is 2.46. The number of aliphatic imine (C=N–C) groups is 1. The number of aromatic nitrogens is 5. The molecule has 61 heavy (non-hydrogen) atoms. The van der Waals surface area contributed by atoms with E-state index in [-0.39, 0.29) is 24.0 Å². The van der Waals surface area contributed by atoms with Crippen LogP contribution in [0.1, 0.15) is 69.3 Å². The second-order valence-corrected chi connectivity index (χ2v) is 16.3. The molecule has 1 aliphatic heterocycles. The summed E-state index contributed by atoms with van der Waals surface area (Å²) in [7, 11) is 0. The van der Waals surface area contributed by atoms with Crippen molar-refractivity contribution in [3.8, 4) is 16.8 Å². The van der Waals surface area contributed by atoms with E-state index in [2.05, 4.69) is 20.5 Å². The number of carbonyl (C=O) groups excluding carboxylic acids is 3. The summed E-state index contributed by atoms with van der Waals surface area (Å²) in [5.74, 6) is -0.886. The number of alkyl carbamates (subject to hydrolysis) is 1. The van der Waals surface area contributed by atoms with Gasteiger partial charge in [-0.05, 0) is 59.1 Å². The minimum atomic E-state index is -2.84. The topological polar surface area (TPSA) is 149 Å². The Balaban J connectivity index is 1.33. The lowest BCUT2D eigenvalue weighted by Crippen LogP contribution is -2.50. The van der Waals surface area contributed by atoms with E-state index in [4.69, 9.17) is 26.1 Å². The molecule has 0 saturated heterocycles. The lowest BCUT2D eigenvalue weighted by Gasteiger charge is -2.35. The van der Waals surface area contributed by atoms with Gasteiger partial charge in [0.05, 0.1) is 29.5 Å². The molecule has 3 aromatic carbocycles.